The van der Waals surface area contributed by atoms with Gasteiger partial charge in [0, 0.05) is 66.8 Å². The third-order valence-electron chi connectivity index (χ3n) is 21.7. The Morgan fingerprint density at radius 1 is 0.320 bits per heavy atom. The maximum Gasteiger partial charge on any atom is 0.252 e. The van der Waals surface area contributed by atoms with Gasteiger partial charge in [-0.15, -0.1) is 0 Å². The normalized spacial score (nSPS) is 14.6. The van der Waals surface area contributed by atoms with Gasteiger partial charge in [0.1, 0.15) is 6.07 Å². The summed E-state index contributed by atoms with van der Waals surface area (Å²) in [5.41, 5.74) is 23.2. The number of anilines is 6. The molecule has 2 aliphatic rings. The highest BCUT2D eigenvalue weighted by Crippen LogP contribution is 2.54. The molecule has 0 atom stereocenters. The number of nitriles is 1. The first-order valence-corrected chi connectivity index (χ1v) is 36.3. The quantitative estimate of drug-likeness (QED) is 0.149. The fraction of sp³-hybridized carbons (Fsp3) is 0.247. The van der Waals surface area contributed by atoms with Crippen molar-refractivity contribution in [2.75, 3.05) is 9.80 Å². The van der Waals surface area contributed by atoms with E-state index >= 15 is 0 Å². The molecule has 103 heavy (non-hydrogen) atoms. The molecule has 2 aromatic heterocycles. The second-order valence-corrected chi connectivity index (χ2v) is 34.9. The Balaban J connectivity index is 1.12. The minimum atomic E-state index is -0.507. The first-order valence-electron chi connectivity index (χ1n) is 40.3. The van der Waals surface area contributed by atoms with Crippen LogP contribution >= 0.6 is 0 Å². The van der Waals surface area contributed by atoms with Crippen LogP contribution in [0, 0.1) is 11.3 Å². The number of rotatable bonds is 7. The highest BCUT2D eigenvalue weighted by atomic mass is 15.2. The van der Waals surface area contributed by atoms with Crippen molar-refractivity contribution in [2.45, 2.75) is 157 Å². The van der Waals surface area contributed by atoms with Gasteiger partial charge in [-0.1, -0.05) is 282 Å². The summed E-state index contributed by atoms with van der Waals surface area (Å²) < 4.78 is 79.8. The van der Waals surface area contributed by atoms with E-state index in [2.05, 4.69) is 327 Å². The van der Waals surface area contributed by atoms with Crippen LogP contribution in [0.5, 0.6) is 0 Å². The maximum absolute atomic E-state index is 11.5. The van der Waals surface area contributed by atoms with E-state index in [0.29, 0.717) is 11.3 Å². The summed E-state index contributed by atoms with van der Waals surface area (Å²) in [4.78, 5) is 4.93. The molecule has 5 nitrogen and oxygen atoms in total. The van der Waals surface area contributed by atoms with Crippen molar-refractivity contribution in [3.63, 3.8) is 0 Å². The molecule has 0 radical (unpaired) electrons. The molecule has 12 aromatic carbocycles. The molecule has 0 amide bonds. The predicted molar refractivity (Wildman–Crippen MR) is 442 cm³/mol. The SMILES string of the molecule is [2H]c1c([2H])c([2H])c2c(c1[2H])c1c([2H])c([2H])c([2H])c([2H])c1n2-c1ccc2c(c1)N(c1c(-c3ccccc3)cc(C(C)(C)C)cc1-c1cc(C(C)(C)C)cc(C(C)(C)C)c1)c1cc(C(C)(C)C)cc3c1B2c1ccc(-c2cc(C(C)(C)C)cc(C(C)(C)C)c2)cc1N3c1ccc(C#N)c(-n2c3ccccc3c3ccccc32)c1. The van der Waals surface area contributed by atoms with Gasteiger partial charge in [0.15, 0.2) is 0 Å². The molecular weight excluding hydrogens is 1250 g/mol. The van der Waals surface area contributed by atoms with Crippen LogP contribution in [-0.2, 0) is 32.5 Å². The van der Waals surface area contributed by atoms with Gasteiger partial charge in [-0.05, 0) is 189 Å². The summed E-state index contributed by atoms with van der Waals surface area (Å²) in [5.74, 6) is 0. The van der Waals surface area contributed by atoms with E-state index in [0.717, 1.165) is 123 Å². The Labute approximate surface area is 622 Å². The van der Waals surface area contributed by atoms with Gasteiger partial charge < -0.3 is 18.9 Å². The topological polar surface area (TPSA) is 40.1 Å². The Kier molecular flexibility index (Phi) is 13.4. The van der Waals surface area contributed by atoms with E-state index in [4.69, 9.17) is 2.74 Å². The maximum atomic E-state index is 11.5. The first-order chi connectivity index (χ1) is 52.1. The summed E-state index contributed by atoms with van der Waals surface area (Å²) in [6, 6.07) is 70.0. The first kappa shape index (κ1) is 58.0. The van der Waals surface area contributed by atoms with Crippen molar-refractivity contribution < 1.29 is 11.0 Å². The third kappa shape index (κ3) is 11.3. The number of aromatic nitrogens is 2. The van der Waals surface area contributed by atoms with E-state index < -0.39 is 48.4 Å². The molecule has 0 saturated heterocycles. The standard InChI is InChI=1S/C97H94BN5/c1-92(2,3)65-46-63(47-66(51-65)93(4,5)6)61-41-44-79-86(50-61)101(71-42-40-62(59-99)85(57-71)102-83-38-28-24-34-75(83)76-35-25-29-39-84(76)102)88-55-70(97(16,17)18)56-89-90(88)98(79)80-45-43-72(100-81-36-26-22-32-73(81)74-33-23-27-37-82(74)100)58-87(80)103(89)91-77(60-30-20-19-21-31-60)53-69(96(13,14)15)54-78(91)64-48-67(94(7,8)9)52-68(49-64)95(10,11)12/h19-58H,1-18H3/i22D,23D,26D,27D,32D,33D,36D,37D. The highest BCUT2D eigenvalue weighted by Gasteiger charge is 2.46. The third-order valence-corrected chi connectivity index (χ3v) is 21.7. The van der Waals surface area contributed by atoms with Crippen LogP contribution in [-0.4, -0.2) is 15.8 Å². The number of fused-ring (bicyclic) bond motifs is 10. The largest absolute Gasteiger partial charge is 0.311 e. The zero-order valence-electron chi connectivity index (χ0n) is 70.8. The van der Waals surface area contributed by atoms with Gasteiger partial charge in [0.25, 0.3) is 6.71 Å². The lowest BCUT2D eigenvalue weighted by atomic mass is 9.33. The van der Waals surface area contributed by atoms with Crippen LogP contribution in [0.1, 0.15) is 175 Å². The Morgan fingerprint density at radius 2 is 0.748 bits per heavy atom. The van der Waals surface area contributed by atoms with Crippen molar-refractivity contribution in [1.82, 2.24) is 9.13 Å². The van der Waals surface area contributed by atoms with Gasteiger partial charge in [0.05, 0.1) is 50.0 Å². The molecule has 0 unspecified atom stereocenters. The van der Waals surface area contributed by atoms with E-state index in [1.165, 1.54) is 22.3 Å². The number of benzene rings is 12. The summed E-state index contributed by atoms with van der Waals surface area (Å²) in [7, 11) is 0. The predicted octanol–water partition coefficient (Wildman–Crippen LogP) is 24.6. The molecule has 0 bridgehead atoms. The Morgan fingerprint density at radius 3 is 1.27 bits per heavy atom. The molecule has 6 heteroatoms. The zero-order chi connectivity index (χ0) is 79.3. The molecule has 510 valence electrons. The number of hydrogen-bond donors (Lipinski definition) is 0. The van der Waals surface area contributed by atoms with Crippen molar-refractivity contribution in [2.24, 2.45) is 0 Å². The van der Waals surface area contributed by atoms with Crippen molar-refractivity contribution >= 4 is 101 Å². The van der Waals surface area contributed by atoms with E-state index in [9.17, 15) is 13.5 Å². The fourth-order valence-corrected chi connectivity index (χ4v) is 15.7. The summed E-state index contributed by atoms with van der Waals surface area (Å²) in [6.45, 7) is 40.5. The monoisotopic (exact) mass is 1350 g/mol. The van der Waals surface area contributed by atoms with E-state index in [1.54, 1.807) is 4.57 Å². The van der Waals surface area contributed by atoms with Crippen LogP contribution in [0.2, 0.25) is 0 Å². The molecular formula is C97H94BN5. The minimum absolute atomic E-state index is 0.00561. The lowest BCUT2D eigenvalue weighted by Gasteiger charge is -2.46. The fourth-order valence-electron chi connectivity index (χ4n) is 15.7. The van der Waals surface area contributed by atoms with E-state index in [-0.39, 0.29) is 61.0 Å². The number of para-hydroxylation sites is 4. The van der Waals surface area contributed by atoms with Crippen molar-refractivity contribution in [3.05, 3.63) is 281 Å². The van der Waals surface area contributed by atoms with Gasteiger partial charge in [-0.25, -0.2) is 0 Å². The minimum Gasteiger partial charge on any atom is -0.311 e. The van der Waals surface area contributed by atoms with Crippen molar-refractivity contribution in [1.29, 1.82) is 5.26 Å². The Hall–Kier alpha value is -10.6. The molecule has 0 spiro atoms. The molecule has 0 fully saturated rings. The molecule has 14 aromatic rings. The van der Waals surface area contributed by atoms with Gasteiger partial charge in [0.2, 0.25) is 0 Å². The molecule has 4 heterocycles. The molecule has 0 aliphatic carbocycles. The molecule has 16 rings (SSSR count). The summed E-state index contributed by atoms with van der Waals surface area (Å²) in [5, 5.41) is 13.6. The molecule has 0 N–H and O–H groups in total. The summed E-state index contributed by atoms with van der Waals surface area (Å²) in [6.07, 6.45) is 0. The van der Waals surface area contributed by atoms with Crippen molar-refractivity contribution in [3.8, 4) is 50.8 Å². The van der Waals surface area contributed by atoms with Crippen LogP contribution in [0.15, 0.2) is 242 Å². The van der Waals surface area contributed by atoms with Crippen LogP contribution in [0.25, 0.3) is 88.4 Å². The van der Waals surface area contributed by atoms with Crippen LogP contribution in [0.3, 0.4) is 0 Å². The second-order valence-electron chi connectivity index (χ2n) is 34.9. The summed E-state index contributed by atoms with van der Waals surface area (Å²) >= 11 is 0. The smallest absolute Gasteiger partial charge is 0.252 e. The number of nitrogens with zero attached hydrogens (tertiary/aromatic N) is 5. The highest BCUT2D eigenvalue weighted by molar-refractivity contribution is 7.00. The van der Waals surface area contributed by atoms with Crippen LogP contribution < -0.4 is 26.2 Å². The zero-order valence-corrected chi connectivity index (χ0v) is 62.8. The van der Waals surface area contributed by atoms with Gasteiger partial charge in [-0.3, -0.25) is 0 Å². The molecule has 2 aliphatic heterocycles. The Bertz CT molecular complexity index is 6160. The lowest BCUT2D eigenvalue weighted by molar-refractivity contribution is 0.568. The van der Waals surface area contributed by atoms with Crippen LogP contribution in [0.4, 0.5) is 34.1 Å². The average Bonchev–Trinajstić information content (AvgIpc) is 1.69. The van der Waals surface area contributed by atoms with Gasteiger partial charge >= 0.3 is 0 Å². The van der Waals surface area contributed by atoms with Gasteiger partial charge in [-0.2, -0.15) is 5.26 Å². The molecule has 0 saturated carbocycles. The average molecular weight is 1350 g/mol. The number of hydrogen-bond acceptors (Lipinski definition) is 3. The lowest BCUT2D eigenvalue weighted by Crippen LogP contribution is -2.61. The van der Waals surface area contributed by atoms with E-state index in [1.807, 2.05) is 12.1 Å². The second kappa shape index (κ2) is 23.7.